The van der Waals surface area contributed by atoms with Crippen molar-refractivity contribution in [1.29, 1.82) is 0 Å². The van der Waals surface area contributed by atoms with Gasteiger partial charge in [0, 0.05) is 26.2 Å². The van der Waals surface area contributed by atoms with Gasteiger partial charge in [-0.3, -0.25) is 0 Å². The van der Waals surface area contributed by atoms with Gasteiger partial charge in [0.05, 0.1) is 15.6 Å². The molecule has 2 rings (SSSR count). The van der Waals surface area contributed by atoms with Gasteiger partial charge in [0.2, 0.25) is 0 Å². The molecule has 0 atom stereocenters. The van der Waals surface area contributed by atoms with Gasteiger partial charge >= 0.3 is 0 Å². The summed E-state index contributed by atoms with van der Waals surface area (Å²) >= 11 is 5.84. The lowest BCUT2D eigenvalue weighted by atomic mass is 10.3. The van der Waals surface area contributed by atoms with Crippen LogP contribution >= 0.6 is 11.6 Å². The number of nitrogens with zero attached hydrogens (tertiary/aromatic N) is 2. The van der Waals surface area contributed by atoms with E-state index in [1.807, 2.05) is 7.05 Å². The average Bonchev–Trinajstić information content (AvgIpc) is 2.35. The minimum atomic E-state index is -3.60. The smallest absolute Gasteiger partial charge is 0.253 e. The van der Waals surface area contributed by atoms with Gasteiger partial charge in [0.1, 0.15) is 0 Å². The highest BCUT2D eigenvalue weighted by atomic mass is 35.5. The highest BCUT2D eigenvalue weighted by Gasteiger charge is 2.21. The summed E-state index contributed by atoms with van der Waals surface area (Å²) in [5.74, 6) is 0. The summed E-state index contributed by atoms with van der Waals surface area (Å²) < 4.78 is 24.4. The lowest BCUT2D eigenvalue weighted by Crippen LogP contribution is -2.52. The first kappa shape index (κ1) is 14.5. The first-order chi connectivity index (χ1) is 8.88. The molecule has 1 fully saturated rings. The van der Waals surface area contributed by atoms with Crippen molar-refractivity contribution in [2.75, 3.05) is 39.0 Å². The first-order valence-corrected chi connectivity index (χ1v) is 7.75. The van der Waals surface area contributed by atoms with E-state index in [4.69, 9.17) is 17.3 Å². The van der Waals surface area contributed by atoms with Crippen LogP contribution in [-0.2, 0) is 10.0 Å². The molecule has 0 aliphatic carbocycles. The van der Waals surface area contributed by atoms with Crippen LogP contribution in [0.25, 0.3) is 0 Å². The van der Waals surface area contributed by atoms with E-state index in [2.05, 4.69) is 9.73 Å². The van der Waals surface area contributed by atoms with Crippen LogP contribution in [0.15, 0.2) is 23.1 Å². The quantitative estimate of drug-likeness (QED) is 0.789. The number of halogens is 1. The lowest BCUT2D eigenvalue weighted by molar-refractivity contribution is 0.135. The Hall–Kier alpha value is -0.860. The predicted molar refractivity (Wildman–Crippen MR) is 75.3 cm³/mol. The van der Waals surface area contributed by atoms with E-state index in [1.54, 1.807) is 5.01 Å². The zero-order valence-corrected chi connectivity index (χ0v) is 12.2. The third-order valence-electron chi connectivity index (χ3n) is 3.03. The van der Waals surface area contributed by atoms with E-state index in [-0.39, 0.29) is 9.92 Å². The Morgan fingerprint density at radius 1 is 1.26 bits per heavy atom. The summed E-state index contributed by atoms with van der Waals surface area (Å²) in [6.45, 7) is 2.95. The molecule has 1 saturated heterocycles. The number of nitrogens with two attached hydrogens (primary N) is 1. The number of nitrogens with one attached hydrogen (secondary N) is 1. The topological polar surface area (TPSA) is 78.7 Å². The number of hydrazine groups is 1. The monoisotopic (exact) mass is 304 g/mol. The molecule has 1 aromatic carbocycles. The van der Waals surface area contributed by atoms with Crippen LogP contribution in [0, 0.1) is 0 Å². The van der Waals surface area contributed by atoms with Gasteiger partial charge in [-0.15, -0.1) is 4.83 Å². The summed E-state index contributed by atoms with van der Waals surface area (Å²) in [7, 11) is -1.59. The molecule has 0 unspecified atom stereocenters. The summed E-state index contributed by atoms with van der Waals surface area (Å²) in [5, 5.41) is 1.93. The van der Waals surface area contributed by atoms with Gasteiger partial charge in [0.25, 0.3) is 10.0 Å². The Bertz CT molecular complexity index is 556. The van der Waals surface area contributed by atoms with E-state index >= 15 is 0 Å². The summed E-state index contributed by atoms with van der Waals surface area (Å²) in [5.41, 5.74) is 5.93. The maximum atomic E-state index is 12.2. The van der Waals surface area contributed by atoms with Gasteiger partial charge in [-0.1, -0.05) is 11.6 Å². The van der Waals surface area contributed by atoms with Crippen LogP contribution in [0.5, 0.6) is 0 Å². The standard InChI is InChI=1S/C11H17ClN4O2S/c1-15-4-6-16(7-5-15)14-19(17,18)9-2-3-11(13)10(12)8-9/h2-3,8,14H,4-7,13H2,1H3. The SMILES string of the molecule is CN1CCN(NS(=O)(=O)c2ccc(N)c(Cl)c2)CC1. The number of piperazine rings is 1. The van der Waals surface area contributed by atoms with E-state index in [9.17, 15) is 8.42 Å². The molecule has 1 aliphatic heterocycles. The summed E-state index contributed by atoms with van der Waals surface area (Å²) in [6, 6.07) is 4.29. The van der Waals surface area contributed by atoms with Crippen molar-refractivity contribution in [3.05, 3.63) is 23.2 Å². The summed E-state index contributed by atoms with van der Waals surface area (Å²) in [4.78, 5) is 4.82. The molecule has 0 saturated carbocycles. The molecule has 3 N–H and O–H groups in total. The number of hydrogen-bond donors (Lipinski definition) is 2. The van der Waals surface area contributed by atoms with Gasteiger partial charge in [-0.25, -0.2) is 13.4 Å². The zero-order chi connectivity index (χ0) is 14.0. The number of sulfonamides is 1. The number of benzene rings is 1. The Morgan fingerprint density at radius 2 is 1.89 bits per heavy atom. The molecule has 6 nitrogen and oxygen atoms in total. The molecule has 1 aromatic rings. The molecule has 0 aromatic heterocycles. The second-order valence-corrected chi connectivity index (χ2v) is 6.64. The van der Waals surface area contributed by atoms with Crippen molar-refractivity contribution >= 4 is 27.3 Å². The van der Waals surface area contributed by atoms with E-state index in [1.165, 1.54) is 18.2 Å². The minimum absolute atomic E-state index is 0.116. The average molecular weight is 305 g/mol. The lowest BCUT2D eigenvalue weighted by Gasteiger charge is -2.32. The molecule has 8 heteroatoms. The number of hydrogen-bond acceptors (Lipinski definition) is 5. The molecule has 1 aliphatic rings. The molecular formula is C11H17ClN4O2S. The van der Waals surface area contributed by atoms with Gasteiger partial charge < -0.3 is 10.6 Å². The molecule has 1 heterocycles. The fraction of sp³-hybridized carbons (Fsp3) is 0.455. The van der Waals surface area contributed by atoms with E-state index in [0.29, 0.717) is 18.8 Å². The third kappa shape index (κ3) is 3.58. The Labute approximate surface area is 118 Å². The highest BCUT2D eigenvalue weighted by molar-refractivity contribution is 7.89. The first-order valence-electron chi connectivity index (χ1n) is 5.89. The molecule has 106 valence electrons. The van der Waals surface area contributed by atoms with Gasteiger partial charge in [-0.05, 0) is 25.2 Å². The van der Waals surface area contributed by atoms with E-state index in [0.717, 1.165) is 13.1 Å². The van der Waals surface area contributed by atoms with Gasteiger partial charge in [0.15, 0.2) is 0 Å². The number of nitrogen functional groups attached to an aromatic ring is 1. The molecule has 19 heavy (non-hydrogen) atoms. The Kier molecular flexibility index (Phi) is 4.32. The summed E-state index contributed by atoms with van der Waals surface area (Å²) in [6.07, 6.45) is 0. The minimum Gasteiger partial charge on any atom is -0.398 e. The fourth-order valence-electron chi connectivity index (χ4n) is 1.80. The molecular weight excluding hydrogens is 288 g/mol. The normalized spacial score (nSPS) is 18.6. The fourth-order valence-corrected chi connectivity index (χ4v) is 3.19. The van der Waals surface area contributed by atoms with Crippen LogP contribution < -0.4 is 10.6 Å². The van der Waals surface area contributed by atoms with Crippen LogP contribution in [0.1, 0.15) is 0 Å². The van der Waals surface area contributed by atoms with Crippen LogP contribution in [-0.4, -0.2) is 51.6 Å². The third-order valence-corrected chi connectivity index (χ3v) is 4.74. The maximum Gasteiger partial charge on any atom is 0.253 e. The zero-order valence-electron chi connectivity index (χ0n) is 10.6. The second kappa shape index (κ2) is 5.64. The van der Waals surface area contributed by atoms with Crippen molar-refractivity contribution in [3.8, 4) is 0 Å². The van der Waals surface area contributed by atoms with Crippen molar-refractivity contribution in [2.24, 2.45) is 0 Å². The second-order valence-electron chi connectivity index (χ2n) is 4.57. The largest absolute Gasteiger partial charge is 0.398 e. The molecule has 0 amide bonds. The van der Waals surface area contributed by atoms with E-state index < -0.39 is 10.0 Å². The van der Waals surface area contributed by atoms with Crippen molar-refractivity contribution in [3.63, 3.8) is 0 Å². The van der Waals surface area contributed by atoms with Crippen molar-refractivity contribution < 1.29 is 8.42 Å². The van der Waals surface area contributed by atoms with Crippen molar-refractivity contribution in [1.82, 2.24) is 14.7 Å². The van der Waals surface area contributed by atoms with Crippen LogP contribution in [0.3, 0.4) is 0 Å². The highest BCUT2D eigenvalue weighted by Crippen LogP contribution is 2.22. The molecule has 0 radical (unpaired) electrons. The van der Waals surface area contributed by atoms with Crippen LogP contribution in [0.2, 0.25) is 5.02 Å². The van der Waals surface area contributed by atoms with Crippen molar-refractivity contribution in [2.45, 2.75) is 4.90 Å². The number of rotatable bonds is 3. The Morgan fingerprint density at radius 3 is 2.47 bits per heavy atom. The molecule has 0 spiro atoms. The van der Waals surface area contributed by atoms with Gasteiger partial charge in [-0.2, -0.15) is 0 Å². The Balaban J connectivity index is 2.11. The van der Waals surface area contributed by atoms with Crippen LogP contribution in [0.4, 0.5) is 5.69 Å². The predicted octanol–water partition coefficient (Wildman–Crippen LogP) is 0.363. The maximum absolute atomic E-state index is 12.2. The number of anilines is 1. The molecule has 0 bridgehead atoms. The number of likely N-dealkylation sites (N-methyl/N-ethyl adjacent to an activating group) is 1.